The van der Waals surface area contributed by atoms with E-state index >= 15 is 0 Å². The molecule has 0 radical (unpaired) electrons. The first-order chi connectivity index (χ1) is 6.26. The molecule has 0 aliphatic heterocycles. The summed E-state index contributed by atoms with van der Waals surface area (Å²) in [6, 6.07) is 0. The van der Waals surface area contributed by atoms with E-state index in [0.29, 0.717) is 0 Å². The van der Waals surface area contributed by atoms with Gasteiger partial charge in [-0.25, -0.2) is 18.4 Å². The summed E-state index contributed by atoms with van der Waals surface area (Å²) in [5.41, 5.74) is 5.38. The fraction of sp³-hybridized carbons (Fsp3) is 0.286. The lowest BCUT2D eigenvalue weighted by atomic mass is 10.0. The molecule has 0 saturated carbocycles. The van der Waals surface area contributed by atoms with E-state index in [4.69, 9.17) is 16.0 Å². The molecule has 1 aliphatic carbocycles. The second-order valence-corrected chi connectivity index (χ2v) is 4.88. The summed E-state index contributed by atoms with van der Waals surface area (Å²) in [6.07, 6.45) is 3.42. The molecule has 1 rings (SSSR count). The van der Waals surface area contributed by atoms with Crippen LogP contribution in [-0.2, 0) is 14.8 Å². The van der Waals surface area contributed by atoms with Gasteiger partial charge in [0.05, 0.1) is 0 Å². The molecule has 6 nitrogen and oxygen atoms in total. The highest BCUT2D eigenvalue weighted by Crippen LogP contribution is 2.24. The Bertz CT molecular complexity index is 423. The van der Waals surface area contributed by atoms with E-state index in [1.165, 1.54) is 18.2 Å². The number of allylic oxidation sites excluding steroid dienone is 2. The van der Waals surface area contributed by atoms with Gasteiger partial charge < -0.3 is 10.8 Å². The molecule has 0 aromatic rings. The molecule has 1 aliphatic rings. The standard InChI is InChI=1S/C7H10N2O4S/c8-7(14(9,12)13)3-1-2-5(4-7)6(10)11/h1-3H,4,8H2,(H,10,11)(H2,9,12,13). The third-order valence-corrected chi connectivity index (χ3v) is 3.29. The van der Waals surface area contributed by atoms with Gasteiger partial charge in [-0.3, -0.25) is 0 Å². The summed E-state index contributed by atoms with van der Waals surface area (Å²) >= 11 is 0. The minimum Gasteiger partial charge on any atom is -0.478 e. The van der Waals surface area contributed by atoms with Crippen LogP contribution in [0.4, 0.5) is 0 Å². The van der Waals surface area contributed by atoms with Gasteiger partial charge >= 0.3 is 5.97 Å². The van der Waals surface area contributed by atoms with Crippen molar-refractivity contribution in [3.8, 4) is 0 Å². The summed E-state index contributed by atoms with van der Waals surface area (Å²) in [5, 5.41) is 13.5. The lowest BCUT2D eigenvalue weighted by molar-refractivity contribution is -0.132. The van der Waals surface area contributed by atoms with Crippen LogP contribution in [0.3, 0.4) is 0 Å². The van der Waals surface area contributed by atoms with E-state index in [-0.39, 0.29) is 12.0 Å². The highest BCUT2D eigenvalue weighted by molar-refractivity contribution is 7.90. The van der Waals surface area contributed by atoms with Gasteiger partial charge in [0.15, 0.2) is 4.87 Å². The van der Waals surface area contributed by atoms with Crippen molar-refractivity contribution in [1.29, 1.82) is 0 Å². The fourth-order valence-electron chi connectivity index (χ4n) is 1.08. The summed E-state index contributed by atoms with van der Waals surface area (Å²) in [6.45, 7) is 0. The average Bonchev–Trinajstić information content (AvgIpc) is 2.02. The predicted octanol–water partition coefficient (Wildman–Crippen LogP) is -1.10. The van der Waals surface area contributed by atoms with Crippen LogP contribution in [0.5, 0.6) is 0 Å². The highest BCUT2D eigenvalue weighted by atomic mass is 32.2. The molecule has 0 saturated heterocycles. The van der Waals surface area contributed by atoms with E-state index in [9.17, 15) is 13.2 Å². The predicted molar refractivity (Wildman–Crippen MR) is 49.5 cm³/mol. The third-order valence-electron chi connectivity index (χ3n) is 1.95. The first kappa shape index (κ1) is 10.9. The molecule has 0 aromatic heterocycles. The van der Waals surface area contributed by atoms with Crippen molar-refractivity contribution in [2.45, 2.75) is 11.3 Å². The van der Waals surface area contributed by atoms with Crippen LogP contribution in [0.1, 0.15) is 6.42 Å². The summed E-state index contributed by atoms with van der Waals surface area (Å²) in [5.74, 6) is -1.20. The van der Waals surface area contributed by atoms with E-state index in [1.807, 2.05) is 0 Å². The average molecular weight is 218 g/mol. The maximum Gasteiger partial charge on any atom is 0.331 e. The maximum atomic E-state index is 11.1. The number of sulfonamides is 1. The molecule has 0 spiro atoms. The normalized spacial score (nSPS) is 27.1. The van der Waals surface area contributed by atoms with Crippen molar-refractivity contribution in [2.75, 3.05) is 0 Å². The Labute approximate surface area is 80.9 Å². The molecule has 0 heterocycles. The fourth-order valence-corrected chi connectivity index (χ4v) is 1.71. The molecule has 1 unspecified atom stereocenters. The van der Waals surface area contributed by atoms with Gasteiger partial charge in [-0.15, -0.1) is 0 Å². The molecular weight excluding hydrogens is 208 g/mol. The Morgan fingerprint density at radius 2 is 2.14 bits per heavy atom. The topological polar surface area (TPSA) is 123 Å². The Morgan fingerprint density at radius 3 is 2.57 bits per heavy atom. The van der Waals surface area contributed by atoms with E-state index in [1.54, 1.807) is 0 Å². The van der Waals surface area contributed by atoms with Crippen LogP contribution >= 0.6 is 0 Å². The lowest BCUT2D eigenvalue weighted by Gasteiger charge is -2.25. The van der Waals surface area contributed by atoms with E-state index < -0.39 is 20.9 Å². The zero-order chi connectivity index (χ0) is 11.0. The van der Waals surface area contributed by atoms with Gasteiger partial charge in [0.25, 0.3) is 0 Å². The van der Waals surface area contributed by atoms with Crippen LogP contribution in [0.25, 0.3) is 0 Å². The lowest BCUT2D eigenvalue weighted by Crippen LogP contribution is -2.51. The van der Waals surface area contributed by atoms with Crippen LogP contribution < -0.4 is 10.9 Å². The molecular formula is C7H10N2O4S. The number of hydrogen-bond donors (Lipinski definition) is 3. The summed E-state index contributed by atoms with van der Waals surface area (Å²) in [4.78, 5) is 8.77. The van der Waals surface area contributed by atoms with Crippen molar-refractivity contribution >= 4 is 16.0 Å². The van der Waals surface area contributed by atoms with Gasteiger partial charge in [-0.05, 0) is 6.08 Å². The number of rotatable bonds is 2. The number of aliphatic carboxylic acids is 1. The Hall–Kier alpha value is -1.18. The van der Waals surface area contributed by atoms with Gasteiger partial charge in [-0.2, -0.15) is 0 Å². The second kappa shape index (κ2) is 3.19. The van der Waals surface area contributed by atoms with Crippen LogP contribution in [0.15, 0.2) is 23.8 Å². The van der Waals surface area contributed by atoms with E-state index in [2.05, 4.69) is 0 Å². The van der Waals surface area contributed by atoms with Crippen LogP contribution in [0, 0.1) is 0 Å². The number of carboxylic acid groups (broad SMARTS) is 1. The molecule has 0 amide bonds. The number of nitrogens with two attached hydrogens (primary N) is 2. The molecule has 0 aromatic carbocycles. The number of carbonyl (C=O) groups is 1. The van der Waals surface area contributed by atoms with Gasteiger partial charge in [0.1, 0.15) is 0 Å². The zero-order valence-corrected chi connectivity index (χ0v) is 7.99. The Morgan fingerprint density at radius 1 is 1.57 bits per heavy atom. The van der Waals surface area contributed by atoms with Crippen molar-refractivity contribution < 1.29 is 18.3 Å². The third kappa shape index (κ3) is 1.84. The molecule has 1 atom stereocenters. The second-order valence-electron chi connectivity index (χ2n) is 3.03. The monoisotopic (exact) mass is 218 g/mol. The highest BCUT2D eigenvalue weighted by Gasteiger charge is 2.38. The minimum atomic E-state index is -4.01. The molecule has 78 valence electrons. The van der Waals surface area contributed by atoms with Crippen LogP contribution in [-0.4, -0.2) is 24.4 Å². The van der Waals surface area contributed by atoms with Crippen LogP contribution in [0.2, 0.25) is 0 Å². The Balaban J connectivity index is 3.09. The number of carboxylic acids is 1. The molecule has 5 N–H and O–H groups in total. The van der Waals surface area contributed by atoms with Gasteiger partial charge in [-0.1, -0.05) is 12.2 Å². The first-order valence-corrected chi connectivity index (χ1v) is 5.24. The van der Waals surface area contributed by atoms with Crippen molar-refractivity contribution in [3.05, 3.63) is 23.8 Å². The largest absolute Gasteiger partial charge is 0.478 e. The van der Waals surface area contributed by atoms with Crippen molar-refractivity contribution in [1.82, 2.24) is 0 Å². The van der Waals surface area contributed by atoms with Gasteiger partial charge in [0.2, 0.25) is 10.0 Å². The molecule has 0 fully saturated rings. The number of hydrogen-bond acceptors (Lipinski definition) is 4. The zero-order valence-electron chi connectivity index (χ0n) is 7.17. The summed E-state index contributed by atoms with van der Waals surface area (Å²) < 4.78 is 22.1. The molecule has 14 heavy (non-hydrogen) atoms. The number of primary sulfonamides is 1. The smallest absolute Gasteiger partial charge is 0.331 e. The van der Waals surface area contributed by atoms with E-state index in [0.717, 1.165) is 0 Å². The van der Waals surface area contributed by atoms with Crippen molar-refractivity contribution in [3.63, 3.8) is 0 Å². The minimum absolute atomic E-state index is 0.0796. The molecule has 0 bridgehead atoms. The Kier molecular flexibility index (Phi) is 2.49. The SMILES string of the molecule is NC1(S(N)(=O)=O)C=CC=C(C(=O)O)C1. The van der Waals surface area contributed by atoms with Gasteiger partial charge in [0, 0.05) is 12.0 Å². The quantitative estimate of drug-likeness (QED) is 0.542. The maximum absolute atomic E-state index is 11.1. The van der Waals surface area contributed by atoms with Crippen molar-refractivity contribution in [2.24, 2.45) is 10.9 Å². The summed E-state index contributed by atoms with van der Waals surface area (Å²) in [7, 11) is -4.01. The molecule has 7 heteroatoms. The first-order valence-electron chi connectivity index (χ1n) is 3.69.